The summed E-state index contributed by atoms with van der Waals surface area (Å²) in [4.78, 5) is 23.7. The third kappa shape index (κ3) is 5.48. The van der Waals surface area contributed by atoms with Crippen molar-refractivity contribution in [2.75, 3.05) is 11.9 Å². The average Bonchev–Trinajstić information content (AvgIpc) is 2.58. The van der Waals surface area contributed by atoms with Gasteiger partial charge in [-0.15, -0.1) is 0 Å². The lowest BCUT2D eigenvalue weighted by Gasteiger charge is -2.10. The average molecular weight is 380 g/mol. The predicted molar refractivity (Wildman–Crippen MR) is 98.4 cm³/mol. The number of hydrogen-bond donors (Lipinski definition) is 2. The monoisotopic (exact) mass is 379 g/mol. The minimum Gasteiger partial charge on any atom is -0.492 e. The van der Waals surface area contributed by atoms with Crippen molar-refractivity contribution < 1.29 is 14.3 Å². The van der Waals surface area contributed by atoms with Crippen LogP contribution in [0.2, 0.25) is 10.0 Å². The fourth-order valence-corrected chi connectivity index (χ4v) is 2.31. The lowest BCUT2D eigenvalue weighted by molar-refractivity contribution is -0.136. The molecule has 0 aliphatic heterocycles. The number of para-hydroxylation sites is 2. The number of anilines is 1. The number of amides is 2. The predicted octanol–water partition coefficient (Wildman–Crippen LogP) is 3.48. The van der Waals surface area contributed by atoms with Crippen LogP contribution in [0.3, 0.4) is 0 Å². The molecule has 0 spiro atoms. The summed E-state index contributed by atoms with van der Waals surface area (Å²) < 4.78 is 5.38. The highest BCUT2D eigenvalue weighted by Gasteiger charge is 2.15. The molecule has 6 nitrogen and oxygen atoms in total. The second-order valence-electron chi connectivity index (χ2n) is 4.75. The molecule has 2 amide bonds. The van der Waals surface area contributed by atoms with Gasteiger partial charge in [0.15, 0.2) is 0 Å². The van der Waals surface area contributed by atoms with E-state index in [1.54, 1.807) is 42.5 Å². The minimum absolute atomic E-state index is 0.376. The van der Waals surface area contributed by atoms with Gasteiger partial charge >= 0.3 is 11.8 Å². The Hall–Kier alpha value is -2.57. The van der Waals surface area contributed by atoms with E-state index < -0.39 is 11.8 Å². The minimum atomic E-state index is -0.923. The molecule has 2 aromatic carbocycles. The molecular formula is C17H15Cl2N3O3. The van der Waals surface area contributed by atoms with Gasteiger partial charge in [-0.25, -0.2) is 5.43 Å². The summed E-state index contributed by atoms with van der Waals surface area (Å²) >= 11 is 11.8. The van der Waals surface area contributed by atoms with E-state index in [2.05, 4.69) is 15.8 Å². The highest BCUT2D eigenvalue weighted by molar-refractivity contribution is 6.40. The van der Waals surface area contributed by atoms with Crippen molar-refractivity contribution >= 4 is 46.9 Å². The lowest BCUT2D eigenvalue weighted by Crippen LogP contribution is -2.32. The molecule has 2 N–H and O–H groups in total. The number of hydrogen-bond acceptors (Lipinski definition) is 4. The van der Waals surface area contributed by atoms with E-state index in [1.807, 2.05) is 6.92 Å². The van der Waals surface area contributed by atoms with Gasteiger partial charge in [0.2, 0.25) is 0 Å². The third-order valence-corrected chi connectivity index (χ3v) is 3.54. The van der Waals surface area contributed by atoms with Gasteiger partial charge in [-0.3, -0.25) is 9.59 Å². The molecule has 0 heterocycles. The number of nitrogens with one attached hydrogen (secondary N) is 2. The molecule has 2 rings (SSSR count). The van der Waals surface area contributed by atoms with Crippen molar-refractivity contribution in [3.05, 3.63) is 58.1 Å². The number of rotatable bonds is 5. The van der Waals surface area contributed by atoms with E-state index in [4.69, 9.17) is 27.9 Å². The van der Waals surface area contributed by atoms with Crippen LogP contribution in [0.25, 0.3) is 0 Å². The molecule has 0 fully saturated rings. The van der Waals surface area contributed by atoms with Crippen molar-refractivity contribution in [2.24, 2.45) is 5.10 Å². The highest BCUT2D eigenvalue weighted by Crippen LogP contribution is 2.23. The molecule has 0 saturated carbocycles. The van der Waals surface area contributed by atoms with Gasteiger partial charge in [-0.2, -0.15) is 5.10 Å². The molecule has 8 heteroatoms. The van der Waals surface area contributed by atoms with Gasteiger partial charge in [0.05, 0.1) is 23.5 Å². The summed E-state index contributed by atoms with van der Waals surface area (Å²) in [6, 6.07) is 11.6. The van der Waals surface area contributed by atoms with Crippen LogP contribution >= 0.6 is 23.2 Å². The second kappa shape index (κ2) is 9.05. The molecule has 0 atom stereocenters. The van der Waals surface area contributed by atoms with Crippen molar-refractivity contribution in [3.8, 4) is 5.75 Å². The Labute approximate surface area is 154 Å². The third-order valence-electron chi connectivity index (χ3n) is 2.97. The van der Waals surface area contributed by atoms with Gasteiger partial charge < -0.3 is 10.1 Å². The zero-order valence-electron chi connectivity index (χ0n) is 13.3. The van der Waals surface area contributed by atoms with Crippen LogP contribution in [0.4, 0.5) is 5.69 Å². The smallest absolute Gasteiger partial charge is 0.329 e. The number of nitrogens with zero attached hydrogens (tertiary/aromatic N) is 1. The quantitative estimate of drug-likeness (QED) is 0.474. The fourth-order valence-electron chi connectivity index (χ4n) is 1.85. The van der Waals surface area contributed by atoms with E-state index in [-0.39, 0.29) is 0 Å². The van der Waals surface area contributed by atoms with E-state index >= 15 is 0 Å². The van der Waals surface area contributed by atoms with Gasteiger partial charge in [0, 0.05) is 10.6 Å². The number of hydrazone groups is 1. The van der Waals surface area contributed by atoms with Gasteiger partial charge in [0.1, 0.15) is 5.75 Å². The van der Waals surface area contributed by atoms with E-state index in [1.165, 1.54) is 6.21 Å². The SMILES string of the molecule is CCOc1ccccc1NC(=O)C(=O)N/N=C/c1ccc(Cl)cc1Cl. The molecule has 0 saturated heterocycles. The summed E-state index contributed by atoms with van der Waals surface area (Å²) in [5.74, 6) is -1.32. The van der Waals surface area contributed by atoms with Crippen LogP contribution < -0.4 is 15.5 Å². The number of ether oxygens (including phenoxy) is 1. The first-order valence-electron chi connectivity index (χ1n) is 7.32. The van der Waals surface area contributed by atoms with Crippen molar-refractivity contribution in [2.45, 2.75) is 6.92 Å². The van der Waals surface area contributed by atoms with Crippen LogP contribution in [0.5, 0.6) is 5.75 Å². The molecule has 2 aromatic rings. The molecule has 0 bridgehead atoms. The molecule has 0 radical (unpaired) electrons. The Morgan fingerprint density at radius 3 is 2.64 bits per heavy atom. The summed E-state index contributed by atoms with van der Waals surface area (Å²) in [6.45, 7) is 2.26. The van der Waals surface area contributed by atoms with E-state index in [0.29, 0.717) is 33.7 Å². The summed E-state index contributed by atoms with van der Waals surface area (Å²) in [7, 11) is 0. The summed E-state index contributed by atoms with van der Waals surface area (Å²) in [6.07, 6.45) is 1.32. The van der Waals surface area contributed by atoms with Gasteiger partial charge in [-0.1, -0.05) is 41.4 Å². The maximum atomic E-state index is 11.9. The molecule has 0 aliphatic rings. The van der Waals surface area contributed by atoms with Crippen LogP contribution in [-0.2, 0) is 9.59 Å². The van der Waals surface area contributed by atoms with Crippen LogP contribution in [0.1, 0.15) is 12.5 Å². The van der Waals surface area contributed by atoms with Crippen LogP contribution in [0, 0.1) is 0 Å². The zero-order valence-corrected chi connectivity index (χ0v) is 14.8. The normalized spacial score (nSPS) is 10.5. The van der Waals surface area contributed by atoms with Crippen LogP contribution in [-0.4, -0.2) is 24.6 Å². The summed E-state index contributed by atoms with van der Waals surface area (Å²) in [5.41, 5.74) is 3.08. The maximum absolute atomic E-state index is 11.9. The first-order chi connectivity index (χ1) is 12.0. The Bertz CT molecular complexity index is 809. The van der Waals surface area contributed by atoms with Crippen molar-refractivity contribution in [3.63, 3.8) is 0 Å². The van der Waals surface area contributed by atoms with Crippen LogP contribution in [0.15, 0.2) is 47.6 Å². The Balaban J connectivity index is 1.97. The number of carbonyl (C=O) groups excluding carboxylic acids is 2. The molecule has 0 aromatic heterocycles. The maximum Gasteiger partial charge on any atom is 0.329 e. The lowest BCUT2D eigenvalue weighted by atomic mass is 10.2. The molecule has 0 aliphatic carbocycles. The molecule has 130 valence electrons. The van der Waals surface area contributed by atoms with Crippen molar-refractivity contribution in [1.82, 2.24) is 5.43 Å². The topological polar surface area (TPSA) is 79.8 Å². The van der Waals surface area contributed by atoms with Gasteiger partial charge in [0.25, 0.3) is 0 Å². The first kappa shape index (κ1) is 18.8. The Morgan fingerprint density at radius 2 is 1.92 bits per heavy atom. The Kier molecular flexibility index (Phi) is 6.80. The molecular weight excluding hydrogens is 365 g/mol. The van der Waals surface area contributed by atoms with E-state index in [0.717, 1.165) is 0 Å². The van der Waals surface area contributed by atoms with Crippen molar-refractivity contribution in [1.29, 1.82) is 0 Å². The zero-order chi connectivity index (χ0) is 18.2. The number of halogens is 2. The largest absolute Gasteiger partial charge is 0.492 e. The molecule has 0 unspecified atom stereocenters. The number of benzene rings is 2. The number of carbonyl (C=O) groups is 2. The summed E-state index contributed by atoms with van der Waals surface area (Å²) in [5, 5.41) is 7.04. The fraction of sp³-hybridized carbons (Fsp3) is 0.118. The van der Waals surface area contributed by atoms with E-state index in [9.17, 15) is 9.59 Å². The standard InChI is InChI=1S/C17H15Cl2N3O3/c1-2-25-15-6-4-3-5-14(15)21-16(23)17(24)22-20-10-11-7-8-12(18)9-13(11)19/h3-10H,2H2,1H3,(H,21,23)(H,22,24)/b20-10+. The highest BCUT2D eigenvalue weighted by atomic mass is 35.5. The molecule has 25 heavy (non-hydrogen) atoms. The van der Waals surface area contributed by atoms with Gasteiger partial charge in [-0.05, 0) is 31.2 Å². The Morgan fingerprint density at radius 1 is 1.16 bits per heavy atom. The first-order valence-corrected chi connectivity index (χ1v) is 8.08. The second-order valence-corrected chi connectivity index (χ2v) is 5.59.